The number of benzene rings is 2. The van der Waals surface area contributed by atoms with Crippen LogP contribution in [0.5, 0.6) is 0 Å². The van der Waals surface area contributed by atoms with E-state index in [4.69, 9.17) is 10.5 Å². The van der Waals surface area contributed by atoms with Gasteiger partial charge in [0.05, 0.1) is 16.9 Å². The zero-order valence-electron chi connectivity index (χ0n) is 20.0. The summed E-state index contributed by atoms with van der Waals surface area (Å²) in [4.78, 5) is 26.4. The number of carbonyl (C=O) groups is 2. The normalized spacial score (nSPS) is 16.7. The number of amides is 2. The van der Waals surface area contributed by atoms with Gasteiger partial charge in [0.1, 0.15) is 6.10 Å². The lowest BCUT2D eigenvalue weighted by atomic mass is 9.92. The quantitative estimate of drug-likeness (QED) is 0.496. The summed E-state index contributed by atoms with van der Waals surface area (Å²) in [7, 11) is 3.52. The molecule has 2 aliphatic rings. The smallest absolute Gasteiger partial charge is 0.411 e. The molecule has 2 aliphatic carbocycles. The van der Waals surface area contributed by atoms with Crippen molar-refractivity contribution >= 4 is 34.3 Å². The molecule has 1 aromatic heterocycles. The van der Waals surface area contributed by atoms with Gasteiger partial charge in [-0.15, -0.1) is 0 Å². The lowest BCUT2D eigenvalue weighted by Crippen LogP contribution is -2.22. The minimum atomic E-state index is -0.423. The van der Waals surface area contributed by atoms with Gasteiger partial charge in [0.15, 0.2) is 0 Å². The van der Waals surface area contributed by atoms with Gasteiger partial charge in [-0.25, -0.2) is 4.79 Å². The predicted molar refractivity (Wildman–Crippen MR) is 135 cm³/mol. The zero-order valence-corrected chi connectivity index (χ0v) is 20.0. The first kappa shape index (κ1) is 22.3. The number of nitrogens with two attached hydrogens (primary N) is 1. The number of hydrogen-bond donors (Lipinski definition) is 2. The van der Waals surface area contributed by atoms with Gasteiger partial charge >= 0.3 is 6.09 Å². The minimum Gasteiger partial charge on any atom is -0.446 e. The third kappa shape index (κ3) is 4.11. The maximum atomic E-state index is 12.6. The molecule has 0 unspecified atom stereocenters. The first-order valence-corrected chi connectivity index (χ1v) is 12.1. The molecule has 3 aromatic rings. The van der Waals surface area contributed by atoms with Crippen molar-refractivity contribution in [2.24, 2.45) is 5.92 Å². The summed E-state index contributed by atoms with van der Waals surface area (Å²) in [6.45, 7) is 1.94. The van der Waals surface area contributed by atoms with Gasteiger partial charge in [0, 0.05) is 42.3 Å². The van der Waals surface area contributed by atoms with Crippen LogP contribution in [-0.2, 0) is 4.74 Å². The molecule has 7 nitrogen and oxygen atoms in total. The van der Waals surface area contributed by atoms with Crippen LogP contribution in [0.3, 0.4) is 0 Å². The van der Waals surface area contributed by atoms with Gasteiger partial charge in [-0.1, -0.05) is 12.1 Å². The molecular formula is C27H32N4O3. The second kappa shape index (κ2) is 8.70. The number of carbonyl (C=O) groups excluding carboxylic acids is 2. The van der Waals surface area contributed by atoms with Gasteiger partial charge in [-0.2, -0.15) is 0 Å². The number of rotatable bonds is 6. The highest BCUT2D eigenvalue weighted by Gasteiger charge is 2.31. The molecule has 2 saturated carbocycles. The molecule has 2 fully saturated rings. The van der Waals surface area contributed by atoms with Crippen LogP contribution in [0.4, 0.5) is 16.2 Å². The molecule has 34 heavy (non-hydrogen) atoms. The first-order valence-electron chi connectivity index (χ1n) is 12.1. The molecule has 0 saturated heterocycles. The number of hydrogen-bond acceptors (Lipinski definition) is 4. The van der Waals surface area contributed by atoms with E-state index in [1.807, 2.05) is 49.4 Å². The van der Waals surface area contributed by atoms with E-state index in [0.717, 1.165) is 47.8 Å². The molecule has 3 N–H and O–H groups in total. The summed E-state index contributed by atoms with van der Waals surface area (Å²) >= 11 is 0. The second-order valence-electron chi connectivity index (χ2n) is 9.80. The molecule has 0 aliphatic heterocycles. The fourth-order valence-electron chi connectivity index (χ4n) is 4.74. The van der Waals surface area contributed by atoms with Crippen molar-refractivity contribution in [3.05, 3.63) is 48.0 Å². The lowest BCUT2D eigenvalue weighted by molar-refractivity contribution is 0.0827. The molecule has 2 aromatic carbocycles. The maximum absolute atomic E-state index is 12.6. The highest BCUT2D eigenvalue weighted by Crippen LogP contribution is 2.44. The number of anilines is 2. The van der Waals surface area contributed by atoms with E-state index in [2.05, 4.69) is 9.88 Å². The van der Waals surface area contributed by atoms with E-state index in [1.54, 1.807) is 19.0 Å². The van der Waals surface area contributed by atoms with Crippen LogP contribution in [0.2, 0.25) is 0 Å². The highest BCUT2D eigenvalue weighted by atomic mass is 16.6. The van der Waals surface area contributed by atoms with Crippen molar-refractivity contribution in [2.75, 3.05) is 25.1 Å². The standard InChI is InChI=1S/C27H32N4O3/c1-16(17-7-8-17)34-27(33)29-20-12-9-18(10-13-20)25-24(28)22-14-11-19(26(32)30(2)3)15-23(22)31(25)21-5-4-6-21/h9-17,21H,4-8,28H2,1-3H3,(H,29,33)/t16-/m1/s1. The van der Waals surface area contributed by atoms with E-state index >= 15 is 0 Å². The van der Waals surface area contributed by atoms with Gasteiger partial charge < -0.3 is 19.9 Å². The SMILES string of the molecule is C[C@@H](OC(=O)Nc1ccc(-c2c(N)c3ccc(C(=O)N(C)C)cc3n2C2CCC2)cc1)C1CC1. The Balaban J connectivity index is 1.47. The van der Waals surface area contributed by atoms with Crippen molar-refractivity contribution in [1.82, 2.24) is 9.47 Å². The Morgan fingerprint density at radius 3 is 2.38 bits per heavy atom. The predicted octanol–water partition coefficient (Wildman–Crippen LogP) is 5.66. The Morgan fingerprint density at radius 1 is 1.09 bits per heavy atom. The van der Waals surface area contributed by atoms with Crippen molar-refractivity contribution in [1.29, 1.82) is 0 Å². The summed E-state index contributed by atoms with van der Waals surface area (Å²) in [5, 5.41) is 3.78. The Morgan fingerprint density at radius 2 is 1.79 bits per heavy atom. The van der Waals surface area contributed by atoms with Crippen LogP contribution in [0.1, 0.15) is 55.4 Å². The average molecular weight is 461 g/mol. The van der Waals surface area contributed by atoms with Crippen LogP contribution in [-0.4, -0.2) is 41.7 Å². The largest absolute Gasteiger partial charge is 0.446 e. The molecule has 0 bridgehead atoms. The van der Waals surface area contributed by atoms with E-state index in [0.29, 0.717) is 28.9 Å². The van der Waals surface area contributed by atoms with E-state index < -0.39 is 6.09 Å². The Kier molecular flexibility index (Phi) is 5.71. The molecule has 0 radical (unpaired) electrons. The van der Waals surface area contributed by atoms with Gasteiger partial charge in [-0.3, -0.25) is 10.1 Å². The summed E-state index contributed by atoms with van der Waals surface area (Å²) in [6.07, 6.45) is 5.15. The number of nitrogen functional groups attached to an aromatic ring is 1. The van der Waals surface area contributed by atoms with Crippen molar-refractivity contribution in [3.8, 4) is 11.3 Å². The Labute approximate surface area is 199 Å². The Hall–Kier alpha value is -3.48. The summed E-state index contributed by atoms with van der Waals surface area (Å²) in [5.74, 6) is 0.472. The Bertz CT molecular complexity index is 1240. The molecule has 0 spiro atoms. The number of nitrogens with zero attached hydrogens (tertiary/aromatic N) is 2. The molecular weight excluding hydrogens is 428 g/mol. The third-order valence-electron chi connectivity index (χ3n) is 7.12. The van der Waals surface area contributed by atoms with Gasteiger partial charge in [0.2, 0.25) is 0 Å². The number of nitrogens with one attached hydrogen (secondary N) is 1. The van der Waals surface area contributed by atoms with E-state index in [1.165, 1.54) is 6.42 Å². The molecule has 1 atom stereocenters. The van der Waals surface area contributed by atoms with Crippen LogP contribution < -0.4 is 11.1 Å². The van der Waals surface area contributed by atoms with Crippen LogP contribution in [0, 0.1) is 5.92 Å². The van der Waals surface area contributed by atoms with E-state index in [9.17, 15) is 9.59 Å². The molecule has 178 valence electrons. The topological polar surface area (TPSA) is 89.6 Å². The van der Waals surface area contributed by atoms with Gasteiger partial charge in [-0.05, 0) is 75.3 Å². The lowest BCUT2D eigenvalue weighted by Gasteiger charge is -2.30. The second-order valence-corrected chi connectivity index (χ2v) is 9.80. The van der Waals surface area contributed by atoms with Crippen molar-refractivity contribution < 1.29 is 14.3 Å². The zero-order chi connectivity index (χ0) is 24.0. The minimum absolute atomic E-state index is 0.0262. The van der Waals surface area contributed by atoms with Crippen molar-refractivity contribution in [3.63, 3.8) is 0 Å². The molecule has 5 rings (SSSR count). The number of ether oxygens (including phenoxy) is 1. The molecule has 7 heteroatoms. The molecule has 2 amide bonds. The monoisotopic (exact) mass is 460 g/mol. The van der Waals surface area contributed by atoms with Gasteiger partial charge in [0.25, 0.3) is 5.91 Å². The fourth-order valence-corrected chi connectivity index (χ4v) is 4.74. The third-order valence-corrected chi connectivity index (χ3v) is 7.12. The highest BCUT2D eigenvalue weighted by molar-refractivity contribution is 6.05. The van der Waals surface area contributed by atoms with Crippen LogP contribution in [0.25, 0.3) is 22.2 Å². The maximum Gasteiger partial charge on any atom is 0.411 e. The summed E-state index contributed by atoms with van der Waals surface area (Å²) in [5.41, 5.74) is 11.7. The van der Waals surface area contributed by atoms with Crippen molar-refractivity contribution in [2.45, 2.75) is 51.2 Å². The summed E-state index contributed by atoms with van der Waals surface area (Å²) < 4.78 is 7.77. The summed E-state index contributed by atoms with van der Waals surface area (Å²) in [6, 6.07) is 13.8. The van der Waals surface area contributed by atoms with Crippen LogP contribution in [0.15, 0.2) is 42.5 Å². The number of fused-ring (bicyclic) bond motifs is 1. The molecule has 1 heterocycles. The number of aromatic nitrogens is 1. The van der Waals surface area contributed by atoms with E-state index in [-0.39, 0.29) is 12.0 Å². The fraction of sp³-hybridized carbons (Fsp3) is 0.407. The average Bonchev–Trinajstić information content (AvgIpc) is 3.59. The van der Waals surface area contributed by atoms with Crippen LogP contribution >= 0.6 is 0 Å². The first-order chi connectivity index (χ1) is 16.3.